The van der Waals surface area contributed by atoms with E-state index in [-0.39, 0.29) is 30.1 Å². The topological polar surface area (TPSA) is 146 Å². The maximum absolute atomic E-state index is 10.7. The standard InChI is InChI=1S/C38H28O4P2.2CHF3O3S.Ni/c1-5-13-27(14-6-1)43(28-15-7-2-8-16-28)33-23-21-31-37(41-25-39-31)35(33)36-34(24-22-32-38(36)42-26-40-32)44(29-17-9-3-10-18-29)30-19-11-4-12-20-30;2*2-1(3,4)8(5,6)7;/h1-24H,25-26H2;2*(H,5,6,7);. The smallest absolute Gasteiger partial charge is 0.454 e. The van der Waals surface area contributed by atoms with Gasteiger partial charge in [-0.05, 0) is 71.9 Å². The predicted octanol–water partition coefficient (Wildman–Crippen LogP) is 7.11. The van der Waals surface area contributed by atoms with Crippen LogP contribution in [0.3, 0.4) is 0 Å². The molecule has 2 heterocycles. The normalized spacial score (nSPS) is 13.1. The van der Waals surface area contributed by atoms with Crippen LogP contribution in [0.15, 0.2) is 146 Å². The van der Waals surface area contributed by atoms with E-state index < -0.39 is 47.1 Å². The number of rotatable bonds is 7. The van der Waals surface area contributed by atoms with Crippen molar-refractivity contribution >= 4 is 67.9 Å². The zero-order chi connectivity index (χ0) is 43.3. The maximum atomic E-state index is 10.7. The van der Waals surface area contributed by atoms with Gasteiger partial charge in [-0.2, -0.15) is 43.2 Å². The molecule has 2 aliphatic heterocycles. The van der Waals surface area contributed by atoms with E-state index in [1.165, 1.54) is 31.8 Å². The van der Waals surface area contributed by atoms with Gasteiger partial charge in [0.25, 0.3) is 0 Å². The van der Waals surface area contributed by atoms with Crippen molar-refractivity contribution in [1.82, 2.24) is 0 Å². The average molecular weight is 969 g/mol. The second-order valence-electron chi connectivity index (χ2n) is 12.2. The number of hydrogen-bond acceptors (Lipinski definition) is 8. The van der Waals surface area contributed by atoms with Gasteiger partial charge in [0, 0.05) is 27.6 Å². The van der Waals surface area contributed by atoms with Crippen molar-refractivity contribution in [3.05, 3.63) is 146 Å². The van der Waals surface area contributed by atoms with Crippen LogP contribution in [0.4, 0.5) is 26.3 Å². The molecule has 0 saturated heterocycles. The molecule has 0 aromatic heterocycles. The van der Waals surface area contributed by atoms with Crippen LogP contribution >= 0.6 is 15.8 Å². The molecule has 6 aromatic rings. The quantitative estimate of drug-likeness (QED) is 0.0559. The molecule has 6 aromatic carbocycles. The fourth-order valence-corrected chi connectivity index (χ4v) is 10.9. The summed E-state index contributed by atoms with van der Waals surface area (Å²) in [5, 5.41) is 7.40. The third-order valence-electron chi connectivity index (χ3n) is 8.41. The molecule has 0 fully saturated rings. The summed E-state index contributed by atoms with van der Waals surface area (Å²) in [5.74, 6) is 2.99. The molecule has 0 bridgehead atoms. The minimum atomic E-state index is -5.84. The van der Waals surface area contributed by atoms with Crippen LogP contribution in [-0.4, -0.2) is 50.5 Å². The minimum absolute atomic E-state index is 0. The molecule has 8 rings (SSSR count). The Bertz CT molecular complexity index is 2390. The maximum Gasteiger partial charge on any atom is 0.522 e. The number of alkyl halides is 6. The molecule has 324 valence electrons. The van der Waals surface area contributed by atoms with E-state index in [1.54, 1.807) is 0 Å². The van der Waals surface area contributed by atoms with Crippen molar-refractivity contribution in [2.75, 3.05) is 13.6 Å². The first-order valence-corrected chi connectivity index (χ1v) is 22.7. The summed E-state index contributed by atoms with van der Waals surface area (Å²) >= 11 is 0. The molecule has 0 saturated carbocycles. The van der Waals surface area contributed by atoms with Gasteiger partial charge in [-0.15, -0.1) is 0 Å². The molecule has 0 spiro atoms. The Labute approximate surface area is 358 Å². The van der Waals surface area contributed by atoms with Gasteiger partial charge < -0.3 is 18.9 Å². The molecule has 0 atom stereocenters. The Hall–Kier alpha value is -4.73. The van der Waals surface area contributed by atoms with Crippen molar-refractivity contribution in [2.24, 2.45) is 0 Å². The monoisotopic (exact) mass is 968 g/mol. The van der Waals surface area contributed by atoms with E-state index in [9.17, 15) is 26.3 Å². The predicted molar refractivity (Wildman–Crippen MR) is 217 cm³/mol. The van der Waals surface area contributed by atoms with Gasteiger partial charge in [-0.25, -0.2) is 0 Å². The number of benzene rings is 6. The van der Waals surface area contributed by atoms with E-state index in [4.69, 9.17) is 44.9 Å². The van der Waals surface area contributed by atoms with Gasteiger partial charge in [0.15, 0.2) is 23.0 Å². The first kappa shape index (κ1) is 47.3. The summed E-state index contributed by atoms with van der Waals surface area (Å²) in [6, 6.07) is 51.6. The van der Waals surface area contributed by atoms with Gasteiger partial charge in [0.05, 0.1) is 0 Å². The summed E-state index contributed by atoms with van der Waals surface area (Å²) in [5.41, 5.74) is -9.05. The first-order valence-electron chi connectivity index (χ1n) is 17.1. The van der Waals surface area contributed by atoms with E-state index in [1.807, 2.05) is 0 Å². The van der Waals surface area contributed by atoms with Gasteiger partial charge >= 0.3 is 31.3 Å². The molecule has 0 radical (unpaired) electrons. The Morgan fingerprint density at radius 2 is 0.672 bits per heavy atom. The largest absolute Gasteiger partial charge is 0.522 e. The molecule has 10 nitrogen and oxygen atoms in total. The van der Waals surface area contributed by atoms with Gasteiger partial charge in [0.2, 0.25) is 13.6 Å². The third-order valence-corrected chi connectivity index (χ3v) is 14.5. The van der Waals surface area contributed by atoms with Crippen LogP contribution in [0.5, 0.6) is 23.0 Å². The van der Waals surface area contributed by atoms with Crippen LogP contribution in [0, 0.1) is 0 Å². The van der Waals surface area contributed by atoms with Crippen LogP contribution in [-0.2, 0) is 36.7 Å². The van der Waals surface area contributed by atoms with E-state index >= 15 is 0 Å². The molecular weight excluding hydrogens is 939 g/mol. The van der Waals surface area contributed by atoms with Crippen LogP contribution in [0.25, 0.3) is 11.1 Å². The van der Waals surface area contributed by atoms with E-state index in [2.05, 4.69) is 146 Å². The Balaban J connectivity index is 0.000000354. The summed E-state index contributed by atoms with van der Waals surface area (Å²) in [6.07, 6.45) is 0. The van der Waals surface area contributed by atoms with Crippen molar-refractivity contribution < 1.29 is 87.7 Å². The zero-order valence-electron chi connectivity index (χ0n) is 30.7. The average Bonchev–Trinajstić information content (AvgIpc) is 3.90. The van der Waals surface area contributed by atoms with Gasteiger partial charge in [-0.3, -0.25) is 9.11 Å². The number of fused-ring (bicyclic) bond motifs is 2. The molecule has 0 unspecified atom stereocenters. The summed E-state index contributed by atoms with van der Waals surface area (Å²) < 4.78 is 140. The Morgan fingerprint density at radius 3 is 0.902 bits per heavy atom. The summed E-state index contributed by atoms with van der Waals surface area (Å²) in [7, 11) is -13.6. The zero-order valence-corrected chi connectivity index (χ0v) is 35.1. The number of ether oxygens (including phenoxy) is 4. The van der Waals surface area contributed by atoms with Gasteiger partial charge in [0.1, 0.15) is 0 Å². The summed E-state index contributed by atoms with van der Waals surface area (Å²) in [6.45, 7) is 0.350. The Kier molecular flexibility index (Phi) is 15.2. The fourth-order valence-electron chi connectivity index (χ4n) is 5.94. The van der Waals surface area contributed by atoms with Gasteiger partial charge in [-0.1, -0.05) is 121 Å². The molecule has 21 heteroatoms. The number of halogens is 6. The molecule has 2 N–H and O–H groups in total. The van der Waals surface area contributed by atoms with Crippen LogP contribution in [0.2, 0.25) is 0 Å². The molecule has 0 aliphatic carbocycles. The van der Waals surface area contributed by atoms with E-state index in [0.29, 0.717) is 0 Å². The van der Waals surface area contributed by atoms with Crippen LogP contribution in [0.1, 0.15) is 0 Å². The van der Waals surface area contributed by atoms with Crippen molar-refractivity contribution in [3.8, 4) is 34.1 Å². The van der Waals surface area contributed by atoms with Crippen molar-refractivity contribution in [1.29, 1.82) is 0 Å². The number of hydrogen-bond donors (Lipinski definition) is 2. The summed E-state index contributed by atoms with van der Waals surface area (Å²) in [4.78, 5) is 0. The minimum Gasteiger partial charge on any atom is -0.454 e. The SMILES string of the molecule is O=S(=O)(O)C(F)(F)F.O=S(=O)(O)C(F)(F)F.[Ni].c1ccc(P(c2ccccc2)c2ccc3c(c2-c2c(P(c4ccccc4)c4ccccc4)ccc4c2OCO4)OCO3)cc1. The fraction of sp³-hybridized carbons (Fsp3) is 0.100. The van der Waals surface area contributed by atoms with Crippen molar-refractivity contribution in [3.63, 3.8) is 0 Å². The first-order chi connectivity index (χ1) is 28.4. The molecule has 0 amide bonds. The second-order valence-corrected chi connectivity index (χ2v) is 19.4. The third kappa shape index (κ3) is 11.0. The van der Waals surface area contributed by atoms with Crippen molar-refractivity contribution in [2.45, 2.75) is 11.0 Å². The second kappa shape index (κ2) is 19.5. The van der Waals surface area contributed by atoms with Crippen LogP contribution < -0.4 is 50.8 Å². The molecular formula is C40H30F6NiO10P2S2. The van der Waals surface area contributed by atoms with E-state index in [0.717, 1.165) is 34.1 Å². The Morgan fingerprint density at radius 1 is 0.426 bits per heavy atom. The molecule has 61 heavy (non-hydrogen) atoms. The molecule has 2 aliphatic rings.